The van der Waals surface area contributed by atoms with Gasteiger partial charge in [0.1, 0.15) is 5.84 Å². The molecular formula is C14H19Cl2N3O2. The topological polar surface area (TPSA) is 92.1 Å². The number of carboxylic acids is 1. The summed E-state index contributed by atoms with van der Waals surface area (Å²) in [5.41, 5.74) is 8.18. The Bertz CT molecular complexity index is 653. The normalized spacial score (nSPS) is 9.76. The van der Waals surface area contributed by atoms with Crippen molar-refractivity contribution in [1.29, 1.82) is 5.41 Å². The van der Waals surface area contributed by atoms with Crippen LogP contribution in [0, 0.1) is 5.41 Å². The first-order chi connectivity index (χ1) is 9.02. The molecule has 4 N–H and O–H groups in total. The molecule has 0 atom stereocenters. The quantitative estimate of drug-likeness (QED) is 0.581. The number of benzene rings is 1. The molecule has 0 radical (unpaired) electrons. The molecule has 0 aliphatic rings. The number of rotatable bonds is 5. The lowest BCUT2D eigenvalue weighted by Gasteiger charge is -2.07. The van der Waals surface area contributed by atoms with Crippen molar-refractivity contribution in [2.45, 2.75) is 26.3 Å². The number of carbonyl (C=O) groups is 1. The van der Waals surface area contributed by atoms with Gasteiger partial charge in [-0.3, -0.25) is 10.2 Å². The number of nitrogens with two attached hydrogens (primary N) is 1. The number of hydrogen-bond donors (Lipinski definition) is 3. The lowest BCUT2D eigenvalue weighted by atomic mass is 10.1. The summed E-state index contributed by atoms with van der Waals surface area (Å²) >= 11 is 0. The molecule has 116 valence electrons. The van der Waals surface area contributed by atoms with Crippen molar-refractivity contribution in [1.82, 2.24) is 4.57 Å². The van der Waals surface area contributed by atoms with Gasteiger partial charge in [0.2, 0.25) is 0 Å². The van der Waals surface area contributed by atoms with E-state index in [1.807, 2.05) is 31.2 Å². The highest BCUT2D eigenvalue weighted by Crippen LogP contribution is 2.22. The van der Waals surface area contributed by atoms with E-state index >= 15 is 0 Å². The SMILES string of the molecule is CCn1c(CCC(=O)O)cc2ccc(C(=N)N)cc21.Cl.Cl. The van der Waals surface area contributed by atoms with E-state index in [1.165, 1.54) is 0 Å². The van der Waals surface area contributed by atoms with E-state index in [4.69, 9.17) is 16.2 Å². The molecule has 1 aromatic heterocycles. The predicted octanol–water partition coefficient (Wildman–Crippen LogP) is 2.81. The van der Waals surface area contributed by atoms with Crippen LogP contribution in [0.2, 0.25) is 0 Å². The molecule has 21 heavy (non-hydrogen) atoms. The maximum atomic E-state index is 10.7. The van der Waals surface area contributed by atoms with E-state index in [1.54, 1.807) is 0 Å². The van der Waals surface area contributed by atoms with Crippen LogP contribution in [-0.2, 0) is 17.8 Å². The van der Waals surface area contributed by atoms with Crippen LogP contribution in [0.3, 0.4) is 0 Å². The zero-order valence-corrected chi connectivity index (χ0v) is 13.3. The Kier molecular flexibility index (Phi) is 7.26. The maximum Gasteiger partial charge on any atom is 0.303 e. The molecule has 0 spiro atoms. The highest BCUT2D eigenvalue weighted by atomic mass is 35.5. The third-order valence-electron chi connectivity index (χ3n) is 3.21. The lowest BCUT2D eigenvalue weighted by Crippen LogP contribution is -2.11. The fourth-order valence-corrected chi connectivity index (χ4v) is 2.29. The van der Waals surface area contributed by atoms with Crippen LogP contribution in [0.1, 0.15) is 24.6 Å². The molecule has 0 fully saturated rings. The first kappa shape index (κ1) is 19.3. The van der Waals surface area contributed by atoms with E-state index in [0.717, 1.165) is 23.1 Å². The predicted molar refractivity (Wildman–Crippen MR) is 89.1 cm³/mol. The molecule has 2 aromatic rings. The number of amidine groups is 1. The highest BCUT2D eigenvalue weighted by Gasteiger charge is 2.10. The largest absolute Gasteiger partial charge is 0.481 e. The lowest BCUT2D eigenvalue weighted by molar-refractivity contribution is -0.136. The number of hydrogen-bond acceptors (Lipinski definition) is 2. The van der Waals surface area contributed by atoms with Crippen molar-refractivity contribution in [2.75, 3.05) is 0 Å². The molecule has 0 unspecified atom stereocenters. The number of nitrogens with one attached hydrogen (secondary N) is 1. The van der Waals surface area contributed by atoms with Gasteiger partial charge in [0.15, 0.2) is 0 Å². The zero-order chi connectivity index (χ0) is 14.0. The summed E-state index contributed by atoms with van der Waals surface area (Å²) in [5, 5.41) is 17.3. The molecule has 0 bridgehead atoms. The van der Waals surface area contributed by atoms with Gasteiger partial charge in [-0.1, -0.05) is 12.1 Å². The fraction of sp³-hybridized carbons (Fsp3) is 0.286. The van der Waals surface area contributed by atoms with E-state index in [2.05, 4.69) is 4.57 Å². The van der Waals surface area contributed by atoms with Gasteiger partial charge in [0, 0.05) is 23.3 Å². The fourth-order valence-electron chi connectivity index (χ4n) is 2.29. The molecule has 0 aliphatic heterocycles. The molecule has 1 aromatic carbocycles. The first-order valence-electron chi connectivity index (χ1n) is 6.21. The van der Waals surface area contributed by atoms with E-state index in [-0.39, 0.29) is 37.1 Å². The Morgan fingerprint density at radius 3 is 2.52 bits per heavy atom. The van der Waals surface area contributed by atoms with Crippen LogP contribution >= 0.6 is 24.8 Å². The number of nitrogens with zero attached hydrogens (tertiary/aromatic N) is 1. The van der Waals surface area contributed by atoms with Gasteiger partial charge in [-0.25, -0.2) is 0 Å². The third kappa shape index (κ3) is 4.12. The molecule has 7 heteroatoms. The summed E-state index contributed by atoms with van der Waals surface area (Å²) in [5.74, 6) is -0.754. The van der Waals surface area contributed by atoms with Crippen LogP contribution in [-0.4, -0.2) is 21.5 Å². The minimum atomic E-state index is -0.794. The Morgan fingerprint density at radius 2 is 2.00 bits per heavy atom. The maximum absolute atomic E-state index is 10.7. The number of halogens is 2. The Hall–Kier alpha value is -1.72. The summed E-state index contributed by atoms with van der Waals surface area (Å²) in [4.78, 5) is 10.7. The Balaban J connectivity index is 0.00000200. The van der Waals surface area contributed by atoms with E-state index in [0.29, 0.717) is 12.0 Å². The van der Waals surface area contributed by atoms with Crippen LogP contribution < -0.4 is 5.73 Å². The zero-order valence-electron chi connectivity index (χ0n) is 11.6. The molecule has 2 rings (SSSR count). The second kappa shape index (κ2) is 7.90. The van der Waals surface area contributed by atoms with Crippen molar-refractivity contribution in [3.63, 3.8) is 0 Å². The Labute approximate surface area is 135 Å². The summed E-state index contributed by atoms with van der Waals surface area (Å²) in [7, 11) is 0. The average Bonchev–Trinajstić information content (AvgIpc) is 2.72. The first-order valence-corrected chi connectivity index (χ1v) is 6.21. The summed E-state index contributed by atoms with van der Waals surface area (Å²) in [6.07, 6.45) is 0.628. The number of aryl methyl sites for hydroxylation is 2. The summed E-state index contributed by atoms with van der Waals surface area (Å²) in [6.45, 7) is 2.78. The summed E-state index contributed by atoms with van der Waals surface area (Å²) in [6, 6.07) is 7.62. The van der Waals surface area contributed by atoms with Crippen molar-refractivity contribution in [3.05, 3.63) is 35.5 Å². The minimum absolute atomic E-state index is 0. The molecule has 0 saturated heterocycles. The second-order valence-electron chi connectivity index (χ2n) is 4.46. The number of aliphatic carboxylic acids is 1. The van der Waals surface area contributed by atoms with Gasteiger partial charge in [-0.2, -0.15) is 0 Å². The van der Waals surface area contributed by atoms with Gasteiger partial charge >= 0.3 is 5.97 Å². The van der Waals surface area contributed by atoms with E-state index < -0.39 is 5.97 Å². The Morgan fingerprint density at radius 1 is 1.33 bits per heavy atom. The van der Waals surface area contributed by atoms with Crippen molar-refractivity contribution >= 4 is 47.5 Å². The third-order valence-corrected chi connectivity index (χ3v) is 3.21. The van der Waals surface area contributed by atoms with Crippen LogP contribution in [0.15, 0.2) is 24.3 Å². The van der Waals surface area contributed by atoms with E-state index in [9.17, 15) is 4.79 Å². The van der Waals surface area contributed by atoms with Crippen LogP contribution in [0.25, 0.3) is 10.9 Å². The number of nitrogen functional groups attached to an aromatic ring is 1. The average molecular weight is 332 g/mol. The number of carboxylic acid groups (broad SMARTS) is 1. The minimum Gasteiger partial charge on any atom is -0.481 e. The summed E-state index contributed by atoms with van der Waals surface area (Å²) < 4.78 is 2.07. The second-order valence-corrected chi connectivity index (χ2v) is 4.46. The molecular weight excluding hydrogens is 313 g/mol. The van der Waals surface area contributed by atoms with Crippen molar-refractivity contribution < 1.29 is 9.90 Å². The smallest absolute Gasteiger partial charge is 0.303 e. The molecule has 0 aliphatic carbocycles. The van der Waals surface area contributed by atoms with Crippen molar-refractivity contribution in [2.24, 2.45) is 5.73 Å². The monoisotopic (exact) mass is 331 g/mol. The molecule has 5 nitrogen and oxygen atoms in total. The van der Waals surface area contributed by atoms with Gasteiger partial charge in [-0.15, -0.1) is 24.8 Å². The van der Waals surface area contributed by atoms with Crippen molar-refractivity contribution in [3.8, 4) is 0 Å². The van der Waals surface area contributed by atoms with Crippen LogP contribution in [0.4, 0.5) is 0 Å². The van der Waals surface area contributed by atoms with Gasteiger partial charge in [-0.05, 0) is 30.9 Å². The highest BCUT2D eigenvalue weighted by molar-refractivity contribution is 5.98. The van der Waals surface area contributed by atoms with Gasteiger partial charge in [0.05, 0.1) is 6.42 Å². The van der Waals surface area contributed by atoms with Crippen LogP contribution in [0.5, 0.6) is 0 Å². The van der Waals surface area contributed by atoms with Gasteiger partial charge in [0.25, 0.3) is 0 Å². The number of fused-ring (bicyclic) bond motifs is 1. The standard InChI is InChI=1S/C14H17N3O2.2ClH/c1-2-17-11(5-6-13(18)19)7-9-3-4-10(14(15)16)8-12(9)17;;/h3-4,7-8H,2,5-6H2,1H3,(H3,15,16)(H,18,19);2*1H. The molecule has 0 saturated carbocycles. The molecule has 1 heterocycles. The van der Waals surface area contributed by atoms with Gasteiger partial charge < -0.3 is 15.4 Å². The number of aromatic nitrogens is 1. The molecule has 0 amide bonds.